The summed E-state index contributed by atoms with van der Waals surface area (Å²) >= 11 is 12.3. The van der Waals surface area contributed by atoms with Crippen LogP contribution >= 0.6 is 23.2 Å². The predicted octanol–water partition coefficient (Wildman–Crippen LogP) is 3.65. The lowest BCUT2D eigenvalue weighted by molar-refractivity contribution is -0.122. The molecule has 1 aliphatic heterocycles. The number of Topliss-reactive ketones (excluding diaryl/α,β-unsaturated/α-hetero) is 1. The molecule has 0 spiro atoms. The van der Waals surface area contributed by atoms with E-state index in [1.54, 1.807) is 0 Å². The first kappa shape index (κ1) is 12.5. The van der Waals surface area contributed by atoms with Crippen LogP contribution in [0, 0.1) is 0 Å². The van der Waals surface area contributed by atoms with Gasteiger partial charge in [0.2, 0.25) is 0 Å². The molecular weight excluding hydrogens is 269 g/mol. The van der Waals surface area contributed by atoms with E-state index in [9.17, 15) is 4.79 Å². The lowest BCUT2D eigenvalue weighted by Gasteiger charge is -2.35. The maximum atomic E-state index is 11.3. The number of hydrogen-bond acceptors (Lipinski definition) is 2. The normalized spacial score (nSPS) is 23.1. The van der Waals surface area contributed by atoms with Crippen molar-refractivity contribution in [2.24, 2.45) is 0 Å². The van der Waals surface area contributed by atoms with Crippen molar-refractivity contribution in [1.82, 2.24) is 4.90 Å². The summed E-state index contributed by atoms with van der Waals surface area (Å²) < 4.78 is 0. The largest absolute Gasteiger partial charge is 0.300 e. The Morgan fingerprint density at radius 2 is 1.78 bits per heavy atom. The van der Waals surface area contributed by atoms with Crippen molar-refractivity contribution >= 4 is 29.0 Å². The van der Waals surface area contributed by atoms with Crippen LogP contribution in [0.1, 0.15) is 31.2 Å². The summed E-state index contributed by atoms with van der Waals surface area (Å²) in [6.45, 7) is 1.72. The smallest absolute Gasteiger partial charge is 0.135 e. The molecule has 1 aliphatic carbocycles. The zero-order valence-electron chi connectivity index (χ0n) is 10.1. The zero-order valence-corrected chi connectivity index (χ0v) is 11.6. The van der Waals surface area contributed by atoms with Gasteiger partial charge in [0, 0.05) is 41.5 Å². The third-order valence-electron chi connectivity index (χ3n) is 4.08. The molecule has 1 aromatic carbocycles. The Kier molecular flexibility index (Phi) is 3.13. The Balaban J connectivity index is 1.88. The number of carbonyl (C=O) groups is 1. The lowest BCUT2D eigenvalue weighted by atomic mass is 9.99. The van der Waals surface area contributed by atoms with Gasteiger partial charge in [-0.2, -0.15) is 0 Å². The number of nitrogens with zero attached hydrogens (tertiary/aromatic N) is 1. The van der Waals surface area contributed by atoms with Crippen molar-refractivity contribution in [3.05, 3.63) is 33.8 Å². The number of ketones is 1. The van der Waals surface area contributed by atoms with Gasteiger partial charge in [-0.25, -0.2) is 0 Å². The second-order valence-corrected chi connectivity index (χ2v) is 6.03. The maximum absolute atomic E-state index is 11.3. The van der Waals surface area contributed by atoms with Crippen molar-refractivity contribution < 1.29 is 4.79 Å². The molecule has 96 valence electrons. The zero-order chi connectivity index (χ0) is 12.8. The van der Waals surface area contributed by atoms with E-state index in [0.717, 1.165) is 31.0 Å². The quantitative estimate of drug-likeness (QED) is 0.826. The van der Waals surface area contributed by atoms with Gasteiger partial charge in [-0.15, -0.1) is 0 Å². The molecule has 0 aromatic heterocycles. The lowest BCUT2D eigenvalue weighted by Crippen LogP contribution is -2.41. The van der Waals surface area contributed by atoms with Gasteiger partial charge in [-0.3, -0.25) is 9.69 Å². The van der Waals surface area contributed by atoms with Crippen LogP contribution in [0.2, 0.25) is 10.0 Å². The molecule has 0 bridgehead atoms. The molecule has 2 fully saturated rings. The first-order valence-corrected chi connectivity index (χ1v) is 7.10. The maximum Gasteiger partial charge on any atom is 0.135 e. The van der Waals surface area contributed by atoms with Crippen LogP contribution in [0.3, 0.4) is 0 Å². The highest BCUT2D eigenvalue weighted by atomic mass is 35.5. The Hall–Kier alpha value is -0.570. The van der Waals surface area contributed by atoms with Crippen LogP contribution in [-0.2, 0) is 10.3 Å². The summed E-state index contributed by atoms with van der Waals surface area (Å²) in [6, 6.07) is 5.75. The number of carbonyl (C=O) groups excluding carboxylic acids is 1. The summed E-state index contributed by atoms with van der Waals surface area (Å²) in [7, 11) is 0. The molecule has 4 heteroatoms. The molecule has 0 N–H and O–H groups in total. The first-order valence-electron chi connectivity index (χ1n) is 6.34. The molecule has 18 heavy (non-hydrogen) atoms. The molecule has 1 heterocycles. The number of halogens is 2. The van der Waals surface area contributed by atoms with Crippen LogP contribution in [-0.4, -0.2) is 23.8 Å². The number of piperidine rings is 1. The van der Waals surface area contributed by atoms with Gasteiger partial charge < -0.3 is 0 Å². The second kappa shape index (κ2) is 4.52. The van der Waals surface area contributed by atoms with E-state index >= 15 is 0 Å². The average Bonchev–Trinajstić information content (AvgIpc) is 3.11. The van der Waals surface area contributed by atoms with Gasteiger partial charge in [0.15, 0.2) is 0 Å². The minimum absolute atomic E-state index is 0.0718. The number of benzene rings is 1. The van der Waals surface area contributed by atoms with E-state index in [2.05, 4.69) is 4.90 Å². The van der Waals surface area contributed by atoms with Crippen molar-refractivity contribution in [1.29, 1.82) is 0 Å². The highest BCUT2D eigenvalue weighted by Gasteiger charge is 2.50. The number of likely N-dealkylation sites (tertiary alicyclic amines) is 1. The SMILES string of the molecule is O=C1CCN(C2(c3ccc(Cl)cc3Cl)CC2)CC1. The second-order valence-electron chi connectivity index (χ2n) is 5.18. The van der Waals surface area contributed by atoms with Crippen LogP contribution in [0.5, 0.6) is 0 Å². The Labute approximate surface area is 117 Å². The first-order chi connectivity index (χ1) is 8.62. The van der Waals surface area contributed by atoms with Crippen molar-refractivity contribution in [2.45, 2.75) is 31.2 Å². The standard InChI is InChI=1S/C14H15Cl2NO/c15-10-1-2-12(13(16)9-10)14(5-6-14)17-7-3-11(18)4-8-17/h1-2,9H,3-8H2. The monoisotopic (exact) mass is 283 g/mol. The van der Waals surface area contributed by atoms with Gasteiger partial charge in [-0.1, -0.05) is 29.3 Å². The molecule has 0 amide bonds. The van der Waals surface area contributed by atoms with Gasteiger partial charge in [0.05, 0.1) is 0 Å². The molecule has 3 rings (SSSR count). The fraction of sp³-hybridized carbons (Fsp3) is 0.500. The number of hydrogen-bond donors (Lipinski definition) is 0. The van der Waals surface area contributed by atoms with E-state index in [4.69, 9.17) is 23.2 Å². The fourth-order valence-corrected chi connectivity index (χ4v) is 3.51. The summed E-state index contributed by atoms with van der Waals surface area (Å²) in [6.07, 6.45) is 3.60. The van der Waals surface area contributed by atoms with Crippen LogP contribution in [0.25, 0.3) is 0 Å². The Morgan fingerprint density at radius 3 is 2.33 bits per heavy atom. The summed E-state index contributed by atoms with van der Waals surface area (Å²) in [5, 5.41) is 1.42. The van der Waals surface area contributed by atoms with Crippen molar-refractivity contribution in [2.75, 3.05) is 13.1 Å². The van der Waals surface area contributed by atoms with Crippen LogP contribution in [0.4, 0.5) is 0 Å². The van der Waals surface area contributed by atoms with E-state index in [0.29, 0.717) is 23.6 Å². The molecule has 1 saturated heterocycles. The molecule has 1 aromatic rings. The Bertz CT molecular complexity index is 487. The van der Waals surface area contributed by atoms with E-state index in [1.807, 2.05) is 18.2 Å². The summed E-state index contributed by atoms with van der Waals surface area (Å²) in [4.78, 5) is 13.8. The van der Waals surface area contributed by atoms with Gasteiger partial charge in [0.25, 0.3) is 0 Å². The fourth-order valence-electron chi connectivity index (χ4n) is 2.93. The summed E-state index contributed by atoms with van der Waals surface area (Å²) in [5.74, 6) is 0.379. The van der Waals surface area contributed by atoms with E-state index in [-0.39, 0.29) is 5.54 Å². The minimum Gasteiger partial charge on any atom is -0.300 e. The topological polar surface area (TPSA) is 20.3 Å². The Morgan fingerprint density at radius 1 is 1.11 bits per heavy atom. The molecule has 0 atom stereocenters. The predicted molar refractivity (Wildman–Crippen MR) is 73.2 cm³/mol. The third-order valence-corrected chi connectivity index (χ3v) is 4.63. The van der Waals surface area contributed by atoms with Crippen LogP contribution < -0.4 is 0 Å². The highest BCUT2D eigenvalue weighted by molar-refractivity contribution is 6.35. The van der Waals surface area contributed by atoms with Crippen molar-refractivity contribution in [3.63, 3.8) is 0 Å². The summed E-state index contributed by atoms with van der Waals surface area (Å²) in [5.41, 5.74) is 1.24. The van der Waals surface area contributed by atoms with Gasteiger partial charge >= 0.3 is 0 Å². The molecule has 2 nitrogen and oxygen atoms in total. The minimum atomic E-state index is 0.0718. The highest BCUT2D eigenvalue weighted by Crippen LogP contribution is 2.53. The molecule has 0 radical (unpaired) electrons. The van der Waals surface area contributed by atoms with Gasteiger partial charge in [0.1, 0.15) is 5.78 Å². The van der Waals surface area contributed by atoms with E-state index < -0.39 is 0 Å². The number of rotatable bonds is 2. The molecule has 0 unspecified atom stereocenters. The third kappa shape index (κ3) is 2.07. The van der Waals surface area contributed by atoms with E-state index in [1.165, 1.54) is 5.56 Å². The van der Waals surface area contributed by atoms with Crippen LogP contribution in [0.15, 0.2) is 18.2 Å². The molecule has 1 saturated carbocycles. The molecule has 2 aliphatic rings. The van der Waals surface area contributed by atoms with Crippen molar-refractivity contribution in [3.8, 4) is 0 Å². The van der Waals surface area contributed by atoms with Gasteiger partial charge in [-0.05, 0) is 30.5 Å². The molecular formula is C14H15Cl2NO. The average molecular weight is 284 g/mol.